The maximum Gasteiger partial charge on any atom is 0.227 e. The van der Waals surface area contributed by atoms with Crippen LogP contribution in [0.1, 0.15) is 30.4 Å². The largest absolute Gasteiger partial charge is 0.338 e. The first-order chi connectivity index (χ1) is 12.1. The number of fused-ring (bicyclic) bond motifs is 1. The molecule has 1 aromatic carbocycles. The first-order valence-corrected chi connectivity index (χ1v) is 8.74. The molecule has 0 unspecified atom stereocenters. The maximum absolute atomic E-state index is 12.1. The third kappa shape index (κ3) is 2.90. The number of pyridine rings is 1. The highest BCUT2D eigenvalue weighted by molar-refractivity contribution is 6.00. The van der Waals surface area contributed by atoms with Gasteiger partial charge in [-0.15, -0.1) is 0 Å². The number of nitrogens with zero attached hydrogens (tertiary/aromatic N) is 3. The summed E-state index contributed by atoms with van der Waals surface area (Å²) in [4.78, 5) is 32.0. The lowest BCUT2D eigenvalue weighted by atomic mass is 9.94. The van der Waals surface area contributed by atoms with Gasteiger partial charge in [-0.3, -0.25) is 14.6 Å². The van der Waals surface area contributed by atoms with Gasteiger partial charge in [0.1, 0.15) is 0 Å². The second kappa shape index (κ2) is 6.31. The van der Waals surface area contributed by atoms with Crippen LogP contribution in [0.5, 0.6) is 0 Å². The van der Waals surface area contributed by atoms with Gasteiger partial charge in [-0.2, -0.15) is 0 Å². The van der Waals surface area contributed by atoms with Crippen LogP contribution >= 0.6 is 0 Å². The molecule has 128 valence electrons. The number of aromatic nitrogens is 1. The molecule has 3 heterocycles. The summed E-state index contributed by atoms with van der Waals surface area (Å²) < 4.78 is 0. The minimum Gasteiger partial charge on any atom is -0.338 e. The second-order valence-corrected chi connectivity index (χ2v) is 6.77. The molecule has 0 spiro atoms. The van der Waals surface area contributed by atoms with Crippen molar-refractivity contribution in [2.75, 3.05) is 18.5 Å². The van der Waals surface area contributed by atoms with Crippen molar-refractivity contribution < 1.29 is 9.59 Å². The van der Waals surface area contributed by atoms with Gasteiger partial charge in [0.25, 0.3) is 0 Å². The summed E-state index contributed by atoms with van der Waals surface area (Å²) in [6, 6.07) is 8.24. The number of para-hydroxylation sites is 1. The van der Waals surface area contributed by atoms with Crippen LogP contribution in [0.3, 0.4) is 0 Å². The fourth-order valence-corrected chi connectivity index (χ4v) is 3.77. The summed E-state index contributed by atoms with van der Waals surface area (Å²) in [6.07, 6.45) is 6.57. The second-order valence-electron chi connectivity index (χ2n) is 6.77. The van der Waals surface area contributed by atoms with Gasteiger partial charge < -0.3 is 9.80 Å². The van der Waals surface area contributed by atoms with Crippen molar-refractivity contribution in [1.29, 1.82) is 0 Å². The van der Waals surface area contributed by atoms with E-state index in [0.717, 1.165) is 41.8 Å². The van der Waals surface area contributed by atoms with Crippen molar-refractivity contribution in [1.82, 2.24) is 9.88 Å². The quantitative estimate of drug-likeness (QED) is 0.867. The Bertz CT molecular complexity index is 847. The molecule has 2 aliphatic heterocycles. The molecule has 0 bridgehead atoms. The topological polar surface area (TPSA) is 53.5 Å². The van der Waals surface area contributed by atoms with E-state index in [9.17, 15) is 9.59 Å². The van der Waals surface area contributed by atoms with Gasteiger partial charge >= 0.3 is 0 Å². The van der Waals surface area contributed by atoms with Crippen molar-refractivity contribution in [3.05, 3.63) is 47.8 Å². The fourth-order valence-electron chi connectivity index (χ4n) is 3.77. The minimum absolute atomic E-state index is 0.145. The summed E-state index contributed by atoms with van der Waals surface area (Å²) in [5.41, 5.74) is 5.21. The number of hydrogen-bond donors (Lipinski definition) is 0. The van der Waals surface area contributed by atoms with Crippen LogP contribution in [0.15, 0.2) is 36.7 Å². The zero-order valence-electron chi connectivity index (χ0n) is 14.4. The number of likely N-dealkylation sites (tertiary alicyclic amines) is 1. The number of benzene rings is 1. The average Bonchev–Trinajstić information content (AvgIpc) is 3.03. The van der Waals surface area contributed by atoms with Gasteiger partial charge in [-0.1, -0.05) is 18.2 Å². The molecule has 1 saturated heterocycles. The fraction of sp³-hybridized carbons (Fsp3) is 0.350. The van der Waals surface area contributed by atoms with E-state index in [-0.39, 0.29) is 11.8 Å². The lowest BCUT2D eigenvalue weighted by Gasteiger charge is -2.28. The smallest absolute Gasteiger partial charge is 0.227 e. The molecule has 1 aromatic heterocycles. The number of carbonyl (C=O) groups is 2. The Balaban J connectivity index is 1.70. The monoisotopic (exact) mass is 335 g/mol. The third-order valence-electron chi connectivity index (χ3n) is 5.09. The molecule has 4 rings (SSSR count). The van der Waals surface area contributed by atoms with E-state index in [1.807, 2.05) is 36.5 Å². The normalized spacial score (nSPS) is 17.2. The molecule has 5 nitrogen and oxygen atoms in total. The lowest BCUT2D eigenvalue weighted by molar-refractivity contribution is -0.128. The van der Waals surface area contributed by atoms with E-state index in [4.69, 9.17) is 0 Å². The van der Waals surface area contributed by atoms with Crippen LogP contribution in [-0.4, -0.2) is 35.3 Å². The zero-order valence-corrected chi connectivity index (χ0v) is 14.4. The standard InChI is InChI=1S/C20H21N3O2/c1-22-18(24)8-7-15-4-2-5-17(20(15)22)16-10-14(11-21-12-16)13-23-9-3-6-19(23)25/h2,4-5,10-12H,3,6-9,13H2,1H3. The summed E-state index contributed by atoms with van der Waals surface area (Å²) in [6.45, 7) is 1.42. The molecule has 2 amide bonds. The van der Waals surface area contributed by atoms with Crippen molar-refractivity contribution in [3.63, 3.8) is 0 Å². The average molecular weight is 335 g/mol. The Labute approximate surface area is 147 Å². The van der Waals surface area contributed by atoms with E-state index in [2.05, 4.69) is 17.1 Å². The molecule has 0 aliphatic carbocycles. The predicted octanol–water partition coefficient (Wildman–Crippen LogP) is 2.78. The Morgan fingerprint density at radius 3 is 2.76 bits per heavy atom. The van der Waals surface area contributed by atoms with Crippen LogP contribution in [-0.2, 0) is 22.6 Å². The minimum atomic E-state index is 0.145. The van der Waals surface area contributed by atoms with Crippen LogP contribution in [0, 0.1) is 0 Å². The van der Waals surface area contributed by atoms with Crippen LogP contribution in [0.25, 0.3) is 11.1 Å². The van der Waals surface area contributed by atoms with Crippen molar-refractivity contribution in [2.45, 2.75) is 32.2 Å². The molecule has 5 heteroatoms. The molecular weight excluding hydrogens is 314 g/mol. The Morgan fingerprint density at radius 1 is 1.08 bits per heavy atom. The van der Waals surface area contributed by atoms with Gasteiger partial charge in [-0.05, 0) is 30.0 Å². The van der Waals surface area contributed by atoms with Gasteiger partial charge in [0.15, 0.2) is 0 Å². The molecule has 25 heavy (non-hydrogen) atoms. The first kappa shape index (κ1) is 15.8. The molecule has 0 radical (unpaired) electrons. The van der Waals surface area contributed by atoms with E-state index >= 15 is 0 Å². The van der Waals surface area contributed by atoms with Crippen molar-refractivity contribution in [2.24, 2.45) is 0 Å². The van der Waals surface area contributed by atoms with Crippen LogP contribution in [0.4, 0.5) is 5.69 Å². The lowest BCUT2D eigenvalue weighted by Crippen LogP contribution is -2.31. The summed E-state index contributed by atoms with van der Waals surface area (Å²) >= 11 is 0. The summed E-state index contributed by atoms with van der Waals surface area (Å²) in [5.74, 6) is 0.361. The van der Waals surface area contributed by atoms with E-state index in [1.54, 1.807) is 4.90 Å². The zero-order chi connectivity index (χ0) is 17.4. The Kier molecular flexibility index (Phi) is 3.99. The van der Waals surface area contributed by atoms with E-state index in [1.165, 1.54) is 5.56 Å². The number of amides is 2. The van der Waals surface area contributed by atoms with Crippen LogP contribution in [0.2, 0.25) is 0 Å². The molecule has 2 aliphatic rings. The SMILES string of the molecule is CN1C(=O)CCc2cccc(-c3cncc(CN4CCCC4=O)c3)c21. The Hall–Kier alpha value is -2.69. The molecule has 2 aromatic rings. The van der Waals surface area contributed by atoms with Gasteiger partial charge in [0, 0.05) is 56.5 Å². The molecule has 1 fully saturated rings. The van der Waals surface area contributed by atoms with Crippen molar-refractivity contribution >= 4 is 17.5 Å². The van der Waals surface area contributed by atoms with E-state index < -0.39 is 0 Å². The number of anilines is 1. The van der Waals surface area contributed by atoms with Gasteiger partial charge in [0.2, 0.25) is 11.8 Å². The van der Waals surface area contributed by atoms with Crippen molar-refractivity contribution in [3.8, 4) is 11.1 Å². The molecule has 0 saturated carbocycles. The molecular formula is C20H21N3O2. The van der Waals surface area contributed by atoms with E-state index in [0.29, 0.717) is 19.4 Å². The first-order valence-electron chi connectivity index (χ1n) is 8.74. The predicted molar refractivity (Wildman–Crippen MR) is 96.1 cm³/mol. The number of rotatable bonds is 3. The number of carbonyl (C=O) groups excluding carboxylic acids is 2. The van der Waals surface area contributed by atoms with Crippen LogP contribution < -0.4 is 4.90 Å². The van der Waals surface area contributed by atoms with Gasteiger partial charge in [-0.25, -0.2) is 0 Å². The summed E-state index contributed by atoms with van der Waals surface area (Å²) in [5, 5.41) is 0. The van der Waals surface area contributed by atoms with Gasteiger partial charge in [0.05, 0.1) is 5.69 Å². The molecule has 0 N–H and O–H groups in total. The number of aryl methyl sites for hydroxylation is 1. The molecule has 0 atom stereocenters. The summed E-state index contributed by atoms with van der Waals surface area (Å²) in [7, 11) is 1.84. The highest BCUT2D eigenvalue weighted by atomic mass is 16.2. The third-order valence-corrected chi connectivity index (χ3v) is 5.09. The highest BCUT2D eigenvalue weighted by Gasteiger charge is 2.24. The Morgan fingerprint density at radius 2 is 1.96 bits per heavy atom. The highest BCUT2D eigenvalue weighted by Crippen LogP contribution is 2.37. The maximum atomic E-state index is 12.1. The number of hydrogen-bond acceptors (Lipinski definition) is 3.